The summed E-state index contributed by atoms with van der Waals surface area (Å²) < 4.78 is 57.6. The molecular formula is C28H28F4N4O2. The van der Waals surface area contributed by atoms with Gasteiger partial charge in [0.05, 0.1) is 11.3 Å². The SMILES string of the molecule is Cc1cc(C)cc(CNC(=O)c2cnc(C)nc2C2CCN(C(=O)C(F)(F)c3c(F)cccc3F)CC2)c1. The second kappa shape index (κ2) is 10.9. The van der Waals surface area contributed by atoms with Crippen molar-refractivity contribution < 1.29 is 27.2 Å². The quantitative estimate of drug-likeness (QED) is 0.452. The Morgan fingerprint density at radius 3 is 2.24 bits per heavy atom. The molecule has 0 bridgehead atoms. The fraction of sp³-hybridized carbons (Fsp3) is 0.357. The first-order chi connectivity index (χ1) is 18.0. The molecule has 2 amide bonds. The lowest BCUT2D eigenvalue weighted by Crippen LogP contribution is -2.46. The zero-order valence-corrected chi connectivity index (χ0v) is 21.3. The Morgan fingerprint density at radius 2 is 1.63 bits per heavy atom. The largest absolute Gasteiger partial charge is 0.355 e. The average molecular weight is 529 g/mol. The molecular weight excluding hydrogens is 500 g/mol. The van der Waals surface area contributed by atoms with Crippen LogP contribution in [-0.2, 0) is 17.3 Å². The Labute approximate surface area is 218 Å². The van der Waals surface area contributed by atoms with Crippen LogP contribution < -0.4 is 5.32 Å². The molecule has 1 aromatic heterocycles. The zero-order chi connectivity index (χ0) is 27.6. The molecule has 6 nitrogen and oxygen atoms in total. The molecule has 2 heterocycles. The van der Waals surface area contributed by atoms with Crippen molar-refractivity contribution in [2.75, 3.05) is 13.1 Å². The third-order valence-corrected chi connectivity index (χ3v) is 6.63. The van der Waals surface area contributed by atoms with Crippen molar-refractivity contribution >= 4 is 11.8 Å². The molecule has 200 valence electrons. The Hall–Kier alpha value is -3.82. The van der Waals surface area contributed by atoms with Crippen LogP contribution in [-0.4, -0.2) is 39.8 Å². The zero-order valence-electron chi connectivity index (χ0n) is 21.3. The van der Waals surface area contributed by atoms with Crippen LogP contribution in [0.15, 0.2) is 42.6 Å². The predicted octanol–water partition coefficient (Wildman–Crippen LogP) is 5.11. The predicted molar refractivity (Wildman–Crippen MR) is 133 cm³/mol. The third-order valence-electron chi connectivity index (χ3n) is 6.63. The number of amides is 2. The lowest BCUT2D eigenvalue weighted by atomic mass is 9.90. The molecule has 0 aliphatic carbocycles. The Morgan fingerprint density at radius 1 is 1.03 bits per heavy atom. The number of hydrogen-bond donors (Lipinski definition) is 1. The Kier molecular flexibility index (Phi) is 7.80. The van der Waals surface area contributed by atoms with E-state index in [1.54, 1.807) is 6.92 Å². The highest BCUT2D eigenvalue weighted by Crippen LogP contribution is 2.36. The summed E-state index contributed by atoms with van der Waals surface area (Å²) >= 11 is 0. The van der Waals surface area contributed by atoms with Crippen LogP contribution in [0.3, 0.4) is 0 Å². The number of hydrogen-bond acceptors (Lipinski definition) is 4. The maximum Gasteiger partial charge on any atom is 0.355 e. The smallest absolute Gasteiger partial charge is 0.348 e. The van der Waals surface area contributed by atoms with Gasteiger partial charge < -0.3 is 10.2 Å². The van der Waals surface area contributed by atoms with Crippen molar-refractivity contribution in [1.29, 1.82) is 0 Å². The van der Waals surface area contributed by atoms with Gasteiger partial charge in [0.25, 0.3) is 11.8 Å². The highest BCUT2D eigenvalue weighted by molar-refractivity contribution is 5.95. The maximum atomic E-state index is 14.8. The van der Waals surface area contributed by atoms with Crippen LogP contribution in [0, 0.1) is 32.4 Å². The number of aromatic nitrogens is 2. The van der Waals surface area contributed by atoms with Crippen LogP contribution in [0.25, 0.3) is 0 Å². The summed E-state index contributed by atoms with van der Waals surface area (Å²) in [5, 5.41) is 2.89. The Balaban J connectivity index is 1.47. The number of carbonyl (C=O) groups is 2. The van der Waals surface area contributed by atoms with Crippen molar-refractivity contribution in [3.05, 3.63) is 93.6 Å². The molecule has 0 spiro atoms. The lowest BCUT2D eigenvalue weighted by molar-refractivity contribution is -0.161. The molecule has 1 fully saturated rings. The molecule has 0 radical (unpaired) electrons. The molecule has 2 aromatic carbocycles. The van der Waals surface area contributed by atoms with Gasteiger partial charge in [0.1, 0.15) is 23.0 Å². The number of nitrogens with zero attached hydrogens (tertiary/aromatic N) is 3. The molecule has 3 aromatic rings. The van der Waals surface area contributed by atoms with Crippen LogP contribution in [0.1, 0.15) is 62.9 Å². The van der Waals surface area contributed by atoms with Crippen molar-refractivity contribution in [2.45, 2.75) is 52.0 Å². The number of rotatable bonds is 6. The van der Waals surface area contributed by atoms with Crippen LogP contribution >= 0.6 is 0 Å². The number of alkyl halides is 2. The van der Waals surface area contributed by atoms with Gasteiger partial charge in [-0.15, -0.1) is 0 Å². The van der Waals surface area contributed by atoms with E-state index in [0.717, 1.165) is 27.7 Å². The minimum atomic E-state index is -4.35. The maximum absolute atomic E-state index is 14.8. The van der Waals surface area contributed by atoms with E-state index >= 15 is 0 Å². The van der Waals surface area contributed by atoms with Crippen molar-refractivity contribution in [1.82, 2.24) is 20.2 Å². The van der Waals surface area contributed by atoms with Gasteiger partial charge in [-0.25, -0.2) is 18.7 Å². The van der Waals surface area contributed by atoms with Crippen LogP contribution in [0.5, 0.6) is 0 Å². The number of piperidine rings is 1. The number of benzene rings is 2. The van der Waals surface area contributed by atoms with Gasteiger partial charge in [0.2, 0.25) is 0 Å². The summed E-state index contributed by atoms with van der Waals surface area (Å²) in [5.74, 6) is -9.18. The second-order valence-electron chi connectivity index (χ2n) is 9.63. The highest BCUT2D eigenvalue weighted by atomic mass is 19.3. The van der Waals surface area contributed by atoms with Gasteiger partial charge in [0, 0.05) is 31.7 Å². The normalized spacial score (nSPS) is 14.4. The van der Waals surface area contributed by atoms with Gasteiger partial charge in [-0.05, 0) is 51.3 Å². The number of likely N-dealkylation sites (tertiary alicyclic amines) is 1. The van der Waals surface area contributed by atoms with Gasteiger partial charge in [0.15, 0.2) is 0 Å². The number of aryl methyl sites for hydroxylation is 3. The molecule has 38 heavy (non-hydrogen) atoms. The first kappa shape index (κ1) is 27.2. The molecule has 1 aliphatic heterocycles. The van der Waals surface area contributed by atoms with E-state index in [1.807, 2.05) is 32.0 Å². The minimum Gasteiger partial charge on any atom is -0.348 e. The molecule has 0 unspecified atom stereocenters. The van der Waals surface area contributed by atoms with Crippen LogP contribution in [0.4, 0.5) is 17.6 Å². The summed E-state index contributed by atoms with van der Waals surface area (Å²) in [4.78, 5) is 35.2. The standard InChI is InChI=1S/C28H28F4N4O2/c1-16-11-17(2)13-19(12-16)14-34-26(37)21-15-33-18(3)35-25(21)20-7-9-36(10-8-20)27(38)28(31,32)24-22(29)5-4-6-23(24)30/h4-6,11-13,15,20H,7-10,14H2,1-3H3,(H,34,37). The summed E-state index contributed by atoms with van der Waals surface area (Å²) in [6.45, 7) is 5.78. The first-order valence-corrected chi connectivity index (χ1v) is 12.3. The van der Waals surface area contributed by atoms with Crippen molar-refractivity contribution in [3.8, 4) is 0 Å². The lowest BCUT2D eigenvalue weighted by Gasteiger charge is -2.34. The fourth-order valence-electron chi connectivity index (χ4n) is 4.88. The molecule has 0 saturated carbocycles. The minimum absolute atomic E-state index is 0.0815. The molecule has 4 rings (SSSR count). The summed E-state index contributed by atoms with van der Waals surface area (Å²) in [6.07, 6.45) is 1.94. The van der Waals surface area contributed by atoms with Crippen molar-refractivity contribution in [2.24, 2.45) is 0 Å². The van der Waals surface area contributed by atoms with Crippen LogP contribution in [0.2, 0.25) is 0 Å². The van der Waals surface area contributed by atoms with Crippen molar-refractivity contribution in [3.63, 3.8) is 0 Å². The van der Waals surface area contributed by atoms with E-state index in [4.69, 9.17) is 0 Å². The first-order valence-electron chi connectivity index (χ1n) is 12.3. The highest BCUT2D eigenvalue weighted by Gasteiger charge is 2.48. The van der Waals surface area contributed by atoms with Gasteiger partial charge in [-0.2, -0.15) is 8.78 Å². The summed E-state index contributed by atoms with van der Waals surface area (Å²) in [5.41, 5.74) is 2.32. The van der Waals surface area contributed by atoms with E-state index in [2.05, 4.69) is 15.3 Å². The molecule has 0 atom stereocenters. The summed E-state index contributed by atoms with van der Waals surface area (Å²) in [6, 6.07) is 8.34. The third kappa shape index (κ3) is 5.69. The molecule has 1 aliphatic rings. The summed E-state index contributed by atoms with van der Waals surface area (Å²) in [7, 11) is 0. The second-order valence-corrected chi connectivity index (χ2v) is 9.63. The van der Waals surface area contributed by atoms with E-state index in [0.29, 0.717) is 30.2 Å². The van der Waals surface area contributed by atoms with Gasteiger partial charge in [-0.3, -0.25) is 9.59 Å². The number of halogens is 4. The Bertz CT molecular complexity index is 1330. The molecule has 1 saturated heterocycles. The van der Waals surface area contributed by atoms with E-state index in [-0.39, 0.29) is 43.3 Å². The molecule has 1 N–H and O–H groups in total. The van der Waals surface area contributed by atoms with E-state index in [1.165, 1.54) is 6.20 Å². The molecule has 10 heteroatoms. The average Bonchev–Trinajstić information content (AvgIpc) is 2.86. The topological polar surface area (TPSA) is 75.2 Å². The fourth-order valence-corrected chi connectivity index (χ4v) is 4.88. The van der Waals surface area contributed by atoms with E-state index in [9.17, 15) is 27.2 Å². The number of carbonyl (C=O) groups excluding carboxylic acids is 2. The van der Waals surface area contributed by atoms with Gasteiger partial charge >= 0.3 is 5.92 Å². The number of nitrogens with one attached hydrogen (secondary N) is 1. The van der Waals surface area contributed by atoms with Gasteiger partial charge in [-0.1, -0.05) is 35.4 Å². The monoisotopic (exact) mass is 528 g/mol. The van der Waals surface area contributed by atoms with E-state index < -0.39 is 29.0 Å².